The minimum atomic E-state index is -2.33. The summed E-state index contributed by atoms with van der Waals surface area (Å²) < 4.78 is 22.6. The van der Waals surface area contributed by atoms with E-state index in [0.717, 1.165) is 0 Å². The fourth-order valence-electron chi connectivity index (χ4n) is 1.86. The van der Waals surface area contributed by atoms with Gasteiger partial charge in [-0.1, -0.05) is 18.2 Å². The molecular formula is C13H12N2O3S. The van der Waals surface area contributed by atoms with Crippen LogP contribution in [-0.4, -0.2) is 30.6 Å². The molecule has 98 valence electrons. The van der Waals surface area contributed by atoms with Crippen molar-refractivity contribution in [2.45, 2.75) is 13.0 Å². The van der Waals surface area contributed by atoms with Crippen LogP contribution in [0.3, 0.4) is 0 Å². The molecule has 0 fully saturated rings. The van der Waals surface area contributed by atoms with Gasteiger partial charge in [0.05, 0.1) is 11.6 Å². The van der Waals surface area contributed by atoms with E-state index in [-0.39, 0.29) is 4.86 Å². The van der Waals surface area contributed by atoms with Gasteiger partial charge in [0.25, 0.3) is 0 Å². The van der Waals surface area contributed by atoms with E-state index >= 15 is 0 Å². The van der Waals surface area contributed by atoms with Crippen molar-refractivity contribution in [1.82, 2.24) is 4.98 Å². The largest absolute Gasteiger partial charge is 0.358 e. The SMILES string of the molecule is CC1=CC=CC(Nc2ncccc2C=O)C1=S(=O)=O. The number of allylic oxidation sites excluding steroid dienone is 2. The van der Waals surface area contributed by atoms with Gasteiger partial charge in [-0.2, -0.15) is 8.42 Å². The van der Waals surface area contributed by atoms with Crippen LogP contribution in [0.25, 0.3) is 0 Å². The maximum atomic E-state index is 11.3. The number of nitrogens with one attached hydrogen (secondary N) is 1. The van der Waals surface area contributed by atoms with Crippen molar-refractivity contribution in [1.29, 1.82) is 0 Å². The number of hydrogen-bond acceptors (Lipinski definition) is 5. The molecule has 0 aliphatic heterocycles. The van der Waals surface area contributed by atoms with E-state index < -0.39 is 16.3 Å². The number of nitrogens with zero attached hydrogens (tertiary/aromatic N) is 1. The van der Waals surface area contributed by atoms with Crippen LogP contribution in [0.1, 0.15) is 17.3 Å². The van der Waals surface area contributed by atoms with Crippen LogP contribution in [0, 0.1) is 0 Å². The van der Waals surface area contributed by atoms with E-state index in [4.69, 9.17) is 0 Å². The Bertz CT molecular complexity index is 694. The average Bonchev–Trinajstić information content (AvgIpc) is 2.39. The third kappa shape index (κ3) is 2.79. The molecule has 0 radical (unpaired) electrons. The zero-order valence-electron chi connectivity index (χ0n) is 10.2. The average molecular weight is 276 g/mol. The minimum Gasteiger partial charge on any atom is -0.358 e. The first-order valence-electron chi connectivity index (χ1n) is 5.62. The standard InChI is InChI=1S/C13H12N2O3S/c1-9-4-2-6-11(12(9)19(17)18)15-13-10(8-16)5-3-7-14-13/h2-8,11H,1H3,(H,14,15). The van der Waals surface area contributed by atoms with Gasteiger partial charge in [0, 0.05) is 6.20 Å². The summed E-state index contributed by atoms with van der Waals surface area (Å²) in [4.78, 5) is 15.2. The lowest BCUT2D eigenvalue weighted by atomic mass is 10.0. The molecule has 0 saturated carbocycles. The van der Waals surface area contributed by atoms with Gasteiger partial charge in [-0.3, -0.25) is 4.79 Å². The molecule has 1 aliphatic carbocycles. The van der Waals surface area contributed by atoms with E-state index in [1.54, 1.807) is 43.5 Å². The van der Waals surface area contributed by atoms with E-state index in [1.807, 2.05) is 0 Å². The highest BCUT2D eigenvalue weighted by molar-refractivity contribution is 7.73. The van der Waals surface area contributed by atoms with Crippen LogP contribution < -0.4 is 5.32 Å². The third-order valence-corrected chi connectivity index (χ3v) is 3.69. The maximum absolute atomic E-state index is 11.3. The summed E-state index contributed by atoms with van der Waals surface area (Å²) in [7, 11) is -2.33. The van der Waals surface area contributed by atoms with Crippen LogP contribution in [0.4, 0.5) is 5.82 Å². The zero-order chi connectivity index (χ0) is 13.8. The Morgan fingerprint density at radius 1 is 1.42 bits per heavy atom. The predicted octanol–water partition coefficient (Wildman–Crippen LogP) is 1.24. The Morgan fingerprint density at radius 3 is 2.89 bits per heavy atom. The number of aldehydes is 1. The highest BCUT2D eigenvalue weighted by atomic mass is 32.2. The number of carbonyl (C=O) groups is 1. The number of anilines is 1. The predicted molar refractivity (Wildman–Crippen MR) is 73.9 cm³/mol. The zero-order valence-corrected chi connectivity index (χ0v) is 11.0. The van der Waals surface area contributed by atoms with Gasteiger partial charge in [-0.25, -0.2) is 4.98 Å². The molecule has 5 nitrogen and oxygen atoms in total. The first kappa shape index (κ1) is 13.2. The first-order chi connectivity index (χ1) is 9.13. The Kier molecular flexibility index (Phi) is 3.91. The van der Waals surface area contributed by atoms with Crippen LogP contribution in [-0.2, 0) is 10.3 Å². The second-order valence-corrected chi connectivity index (χ2v) is 4.92. The van der Waals surface area contributed by atoms with Gasteiger partial charge in [-0.15, -0.1) is 0 Å². The number of carbonyl (C=O) groups excluding carboxylic acids is 1. The van der Waals surface area contributed by atoms with Gasteiger partial charge in [0.15, 0.2) is 6.29 Å². The van der Waals surface area contributed by atoms with Gasteiger partial charge in [-0.05, 0) is 24.6 Å². The summed E-state index contributed by atoms with van der Waals surface area (Å²) >= 11 is 0. The molecule has 19 heavy (non-hydrogen) atoms. The quantitative estimate of drug-likeness (QED) is 0.664. The Hall–Kier alpha value is -2.21. The molecule has 1 aliphatic rings. The van der Waals surface area contributed by atoms with Crippen molar-refractivity contribution in [3.63, 3.8) is 0 Å². The molecule has 0 bridgehead atoms. The lowest BCUT2D eigenvalue weighted by Crippen LogP contribution is -2.31. The summed E-state index contributed by atoms with van der Waals surface area (Å²) in [5.74, 6) is 0.366. The third-order valence-electron chi connectivity index (χ3n) is 2.76. The second kappa shape index (κ2) is 5.62. The van der Waals surface area contributed by atoms with E-state index in [2.05, 4.69) is 10.3 Å². The van der Waals surface area contributed by atoms with Crippen molar-refractivity contribution in [2.75, 3.05) is 5.32 Å². The molecule has 1 N–H and O–H groups in total. The summed E-state index contributed by atoms with van der Waals surface area (Å²) in [5.41, 5.74) is 1.05. The summed E-state index contributed by atoms with van der Waals surface area (Å²) in [5, 5.41) is 2.96. The summed E-state index contributed by atoms with van der Waals surface area (Å²) in [6, 6.07) is 2.75. The molecule has 6 heteroatoms. The van der Waals surface area contributed by atoms with Crippen molar-refractivity contribution < 1.29 is 13.2 Å². The minimum absolute atomic E-state index is 0.255. The fourth-order valence-corrected chi connectivity index (χ4v) is 2.53. The van der Waals surface area contributed by atoms with Gasteiger partial charge in [0.1, 0.15) is 10.7 Å². The fraction of sp³-hybridized carbons (Fsp3) is 0.154. The summed E-state index contributed by atoms with van der Waals surface area (Å²) in [6.07, 6.45) is 7.42. The van der Waals surface area contributed by atoms with Crippen LogP contribution in [0.2, 0.25) is 0 Å². The highest BCUT2D eigenvalue weighted by Crippen LogP contribution is 2.16. The van der Waals surface area contributed by atoms with Crippen molar-refractivity contribution in [3.05, 3.63) is 47.7 Å². The molecule has 0 spiro atoms. The summed E-state index contributed by atoms with van der Waals surface area (Å²) in [6.45, 7) is 1.72. The van der Waals surface area contributed by atoms with Gasteiger partial charge < -0.3 is 5.32 Å². The number of rotatable bonds is 3. The van der Waals surface area contributed by atoms with Crippen molar-refractivity contribution in [3.8, 4) is 0 Å². The van der Waals surface area contributed by atoms with Crippen molar-refractivity contribution in [2.24, 2.45) is 0 Å². The van der Waals surface area contributed by atoms with E-state index in [0.29, 0.717) is 23.2 Å². The highest BCUT2D eigenvalue weighted by Gasteiger charge is 2.20. The molecule has 1 aromatic heterocycles. The maximum Gasteiger partial charge on any atom is 0.220 e. The molecule has 2 rings (SSSR count). The molecule has 1 heterocycles. The van der Waals surface area contributed by atoms with E-state index in [1.165, 1.54) is 0 Å². The molecule has 1 atom stereocenters. The lowest BCUT2D eigenvalue weighted by molar-refractivity contribution is 0.112. The molecule has 1 unspecified atom stereocenters. The lowest BCUT2D eigenvalue weighted by Gasteiger charge is -2.19. The molecular weight excluding hydrogens is 264 g/mol. The van der Waals surface area contributed by atoms with Crippen molar-refractivity contribution >= 4 is 27.3 Å². The second-order valence-electron chi connectivity index (χ2n) is 4.01. The number of pyridine rings is 1. The Morgan fingerprint density at radius 2 is 2.21 bits per heavy atom. The molecule has 0 amide bonds. The first-order valence-corrected chi connectivity index (χ1v) is 6.69. The smallest absolute Gasteiger partial charge is 0.220 e. The van der Waals surface area contributed by atoms with E-state index in [9.17, 15) is 13.2 Å². The normalized spacial score (nSPS) is 17.8. The Balaban J connectivity index is 2.39. The monoisotopic (exact) mass is 276 g/mol. The number of aromatic nitrogens is 1. The Labute approximate surface area is 112 Å². The molecule has 0 saturated heterocycles. The number of hydrogen-bond donors (Lipinski definition) is 1. The van der Waals surface area contributed by atoms with Gasteiger partial charge in [0.2, 0.25) is 10.3 Å². The topological polar surface area (TPSA) is 76.1 Å². The molecule has 0 aromatic carbocycles. The van der Waals surface area contributed by atoms with Crippen LogP contribution in [0.5, 0.6) is 0 Å². The van der Waals surface area contributed by atoms with Crippen LogP contribution >= 0.6 is 0 Å². The molecule has 1 aromatic rings. The van der Waals surface area contributed by atoms with Gasteiger partial charge >= 0.3 is 0 Å². The van der Waals surface area contributed by atoms with Crippen LogP contribution in [0.15, 0.2) is 42.1 Å².